The van der Waals surface area contributed by atoms with Crippen LogP contribution in [0, 0.1) is 0 Å². The fourth-order valence-corrected chi connectivity index (χ4v) is 6.05. The van der Waals surface area contributed by atoms with Gasteiger partial charge in [-0.2, -0.15) is 5.10 Å². The molecule has 2 heterocycles. The minimum absolute atomic E-state index is 0.0256. The molecule has 0 saturated carbocycles. The Kier molecular flexibility index (Phi) is 7.87. The molecule has 0 aliphatic carbocycles. The van der Waals surface area contributed by atoms with Gasteiger partial charge in [0.25, 0.3) is 5.91 Å². The predicted molar refractivity (Wildman–Crippen MR) is 153 cm³/mol. The maximum Gasteiger partial charge on any atom is 0.256 e. The number of nitrogens with zero attached hydrogens (tertiary/aromatic N) is 2. The van der Waals surface area contributed by atoms with Crippen molar-refractivity contribution in [1.82, 2.24) is 15.2 Å². The molecule has 2 N–H and O–H groups in total. The number of benzene rings is 3. The topological polar surface area (TPSA) is 70.7 Å². The summed E-state index contributed by atoms with van der Waals surface area (Å²) in [5.41, 5.74) is 5.00. The smallest absolute Gasteiger partial charge is 0.256 e. The normalized spacial score (nSPS) is 11.9. The van der Waals surface area contributed by atoms with E-state index in [1.165, 1.54) is 0 Å². The summed E-state index contributed by atoms with van der Waals surface area (Å²) in [6, 6.07) is 27.5. The van der Waals surface area contributed by atoms with E-state index in [4.69, 9.17) is 11.6 Å². The maximum atomic E-state index is 13.4. The number of anilines is 1. The number of H-pyrrole nitrogens is 1. The van der Waals surface area contributed by atoms with Crippen molar-refractivity contribution >= 4 is 45.9 Å². The van der Waals surface area contributed by atoms with E-state index in [1.807, 2.05) is 84.9 Å². The van der Waals surface area contributed by atoms with Crippen molar-refractivity contribution in [2.75, 3.05) is 5.32 Å². The number of rotatable bonds is 9. The summed E-state index contributed by atoms with van der Waals surface area (Å²) in [6.07, 6.45) is 4.69. The third-order valence-corrected chi connectivity index (χ3v) is 7.85. The van der Waals surface area contributed by atoms with Crippen LogP contribution >= 0.6 is 23.4 Å². The number of hydrogen-bond acceptors (Lipinski definition) is 4. The zero-order valence-corrected chi connectivity index (χ0v) is 22.0. The van der Waals surface area contributed by atoms with E-state index in [0.717, 1.165) is 51.9 Å². The lowest BCUT2D eigenvalue weighted by Gasteiger charge is -2.19. The Bertz CT molecular complexity index is 1520. The Morgan fingerprint density at radius 3 is 2.62 bits per heavy atom. The molecule has 186 valence electrons. The molecule has 1 amide bonds. The van der Waals surface area contributed by atoms with Crippen molar-refractivity contribution in [2.24, 2.45) is 0 Å². The highest BCUT2D eigenvalue weighted by Crippen LogP contribution is 2.46. The SMILES string of the molecule is CCCCC(Sc1ccccc1C(=O)Nc1cnc2ccccc2c1)c1c(-c2ccccc2)n[nH]c1Cl. The Labute approximate surface area is 225 Å². The second-order valence-electron chi connectivity index (χ2n) is 8.78. The van der Waals surface area contributed by atoms with Gasteiger partial charge in [-0.15, -0.1) is 11.8 Å². The molecule has 37 heavy (non-hydrogen) atoms. The number of aromatic amines is 1. The molecule has 0 fully saturated rings. The van der Waals surface area contributed by atoms with Crippen LogP contribution in [0.15, 0.2) is 96.0 Å². The van der Waals surface area contributed by atoms with Crippen LogP contribution in [0.5, 0.6) is 0 Å². The highest BCUT2D eigenvalue weighted by Gasteiger charge is 2.25. The second kappa shape index (κ2) is 11.6. The molecule has 0 aliphatic rings. The van der Waals surface area contributed by atoms with E-state index in [0.29, 0.717) is 16.4 Å². The van der Waals surface area contributed by atoms with E-state index < -0.39 is 0 Å². The molecular weight excluding hydrogens is 500 g/mol. The first-order chi connectivity index (χ1) is 18.1. The van der Waals surface area contributed by atoms with E-state index >= 15 is 0 Å². The minimum atomic E-state index is -0.170. The molecule has 5 nitrogen and oxygen atoms in total. The van der Waals surface area contributed by atoms with Gasteiger partial charge in [-0.1, -0.05) is 92.0 Å². The van der Waals surface area contributed by atoms with E-state index in [2.05, 4.69) is 27.4 Å². The van der Waals surface area contributed by atoms with Crippen LogP contribution in [0.4, 0.5) is 5.69 Å². The predicted octanol–water partition coefficient (Wildman–Crippen LogP) is 8.55. The van der Waals surface area contributed by atoms with Gasteiger partial charge < -0.3 is 5.32 Å². The zero-order chi connectivity index (χ0) is 25.6. The van der Waals surface area contributed by atoms with E-state index in [9.17, 15) is 4.79 Å². The number of carbonyl (C=O) groups is 1. The molecule has 0 aliphatic heterocycles. The number of para-hydroxylation sites is 1. The number of carbonyl (C=O) groups excluding carboxylic acids is 1. The van der Waals surface area contributed by atoms with Crippen LogP contribution in [0.1, 0.15) is 47.4 Å². The second-order valence-corrected chi connectivity index (χ2v) is 10.4. The van der Waals surface area contributed by atoms with Gasteiger partial charge in [-0.25, -0.2) is 0 Å². The lowest BCUT2D eigenvalue weighted by Crippen LogP contribution is -2.13. The van der Waals surface area contributed by atoms with Crippen molar-refractivity contribution in [3.05, 3.63) is 107 Å². The summed E-state index contributed by atoms with van der Waals surface area (Å²) < 4.78 is 0. The van der Waals surface area contributed by atoms with Gasteiger partial charge in [-0.05, 0) is 30.7 Å². The van der Waals surface area contributed by atoms with E-state index in [1.54, 1.807) is 18.0 Å². The van der Waals surface area contributed by atoms with Crippen LogP contribution < -0.4 is 5.32 Å². The first kappa shape index (κ1) is 25.1. The summed E-state index contributed by atoms with van der Waals surface area (Å²) in [4.78, 5) is 18.8. The Morgan fingerprint density at radius 2 is 1.78 bits per heavy atom. The Morgan fingerprint density at radius 1 is 1.03 bits per heavy atom. The van der Waals surface area contributed by atoms with Crippen LogP contribution in [0.2, 0.25) is 5.15 Å². The number of aromatic nitrogens is 3. The fourth-order valence-electron chi connectivity index (χ4n) is 4.34. The average Bonchev–Trinajstić information content (AvgIpc) is 3.32. The average molecular weight is 527 g/mol. The van der Waals surface area contributed by atoms with Gasteiger partial charge >= 0.3 is 0 Å². The molecule has 0 saturated heterocycles. The van der Waals surface area contributed by atoms with Crippen molar-refractivity contribution < 1.29 is 4.79 Å². The minimum Gasteiger partial charge on any atom is -0.321 e. The molecule has 0 bridgehead atoms. The molecule has 1 atom stereocenters. The highest BCUT2D eigenvalue weighted by atomic mass is 35.5. The number of hydrogen-bond donors (Lipinski definition) is 2. The summed E-state index contributed by atoms with van der Waals surface area (Å²) in [5, 5.41) is 12.1. The van der Waals surface area contributed by atoms with Gasteiger partial charge in [-0.3, -0.25) is 14.9 Å². The van der Waals surface area contributed by atoms with Crippen molar-refractivity contribution in [3.8, 4) is 11.3 Å². The van der Waals surface area contributed by atoms with Crippen molar-refractivity contribution in [3.63, 3.8) is 0 Å². The van der Waals surface area contributed by atoms with Gasteiger partial charge in [0.1, 0.15) is 5.15 Å². The third kappa shape index (κ3) is 5.71. The number of pyridine rings is 1. The van der Waals surface area contributed by atoms with E-state index in [-0.39, 0.29) is 11.2 Å². The lowest BCUT2D eigenvalue weighted by atomic mass is 10.0. The summed E-state index contributed by atoms with van der Waals surface area (Å²) in [7, 11) is 0. The Hall–Kier alpha value is -3.61. The fraction of sp³-hybridized carbons (Fsp3) is 0.167. The van der Waals surface area contributed by atoms with Gasteiger partial charge in [0, 0.05) is 26.7 Å². The largest absolute Gasteiger partial charge is 0.321 e. The first-order valence-electron chi connectivity index (χ1n) is 12.3. The highest BCUT2D eigenvalue weighted by molar-refractivity contribution is 7.99. The van der Waals surface area contributed by atoms with Crippen LogP contribution in [0.3, 0.4) is 0 Å². The molecule has 0 spiro atoms. The van der Waals surface area contributed by atoms with Crippen LogP contribution in [-0.2, 0) is 0 Å². The summed E-state index contributed by atoms with van der Waals surface area (Å²) in [5.74, 6) is -0.170. The molecule has 1 unspecified atom stereocenters. The molecule has 2 aromatic heterocycles. The number of fused-ring (bicyclic) bond motifs is 1. The number of amides is 1. The van der Waals surface area contributed by atoms with Crippen molar-refractivity contribution in [1.29, 1.82) is 0 Å². The quantitative estimate of drug-likeness (QED) is 0.189. The van der Waals surface area contributed by atoms with Crippen LogP contribution in [-0.4, -0.2) is 21.1 Å². The summed E-state index contributed by atoms with van der Waals surface area (Å²) in [6.45, 7) is 2.18. The monoisotopic (exact) mass is 526 g/mol. The van der Waals surface area contributed by atoms with Crippen molar-refractivity contribution in [2.45, 2.75) is 36.3 Å². The standard InChI is InChI=1S/C30H27ClN4OS/c1-2-3-16-26(27-28(34-35-29(27)31)20-11-5-4-6-12-20)37-25-17-10-8-14-23(25)30(36)33-22-18-21-13-7-9-15-24(21)32-19-22/h4-15,17-19,26H,2-3,16H2,1H3,(H,33,36)(H,34,35). The molecule has 7 heteroatoms. The summed E-state index contributed by atoms with van der Waals surface area (Å²) >= 11 is 8.33. The molecule has 3 aromatic carbocycles. The molecule has 5 rings (SSSR count). The number of nitrogens with one attached hydrogen (secondary N) is 2. The number of unbranched alkanes of at least 4 members (excludes halogenated alkanes) is 1. The lowest BCUT2D eigenvalue weighted by molar-refractivity contribution is 0.102. The maximum absolute atomic E-state index is 13.4. The zero-order valence-electron chi connectivity index (χ0n) is 20.4. The van der Waals surface area contributed by atoms with Gasteiger partial charge in [0.15, 0.2) is 0 Å². The molecular formula is C30H27ClN4OS. The number of thioether (sulfide) groups is 1. The van der Waals surface area contributed by atoms with Gasteiger partial charge in [0.05, 0.1) is 28.7 Å². The van der Waals surface area contributed by atoms with Crippen LogP contribution in [0.25, 0.3) is 22.2 Å². The Balaban J connectivity index is 1.45. The first-order valence-corrected chi connectivity index (χ1v) is 13.6. The third-order valence-electron chi connectivity index (χ3n) is 6.20. The van der Waals surface area contributed by atoms with Gasteiger partial charge in [0.2, 0.25) is 0 Å². The number of halogens is 1. The molecule has 0 radical (unpaired) electrons. The molecule has 5 aromatic rings.